The van der Waals surface area contributed by atoms with Crippen molar-refractivity contribution in [1.29, 1.82) is 0 Å². The van der Waals surface area contributed by atoms with Crippen LogP contribution < -0.4 is 5.32 Å². The molecule has 3 aliphatic rings. The number of nitrogens with zero attached hydrogens (tertiary/aromatic N) is 4. The number of rotatable bonds is 8. The van der Waals surface area contributed by atoms with E-state index in [9.17, 15) is 9.90 Å². The normalized spacial score (nSPS) is 26.9. The number of benzene rings is 1. The van der Waals surface area contributed by atoms with Gasteiger partial charge in [-0.05, 0) is 19.2 Å². The Morgan fingerprint density at radius 1 is 1.37 bits per heavy atom. The Morgan fingerprint density at radius 2 is 2.17 bits per heavy atom. The Morgan fingerprint density at radius 3 is 2.90 bits per heavy atom. The van der Waals surface area contributed by atoms with E-state index >= 15 is 0 Å². The zero-order chi connectivity index (χ0) is 21.1. The topological polar surface area (TPSA) is 89.6 Å². The average molecular weight is 444 g/mol. The summed E-state index contributed by atoms with van der Waals surface area (Å²) in [4.78, 5) is 19.7. The maximum absolute atomic E-state index is 12.7. The number of hydrogen-bond acceptors (Lipinski definition) is 8. The van der Waals surface area contributed by atoms with E-state index in [1.54, 1.807) is 29.6 Å². The summed E-state index contributed by atoms with van der Waals surface area (Å²) in [5.41, 5.74) is 0.410. The quantitative estimate of drug-likeness (QED) is 0.603. The fourth-order valence-electron chi connectivity index (χ4n) is 3.75. The second-order valence-electron chi connectivity index (χ2n) is 7.66. The Labute approximate surface area is 185 Å². The summed E-state index contributed by atoms with van der Waals surface area (Å²) in [5, 5.41) is 22.4. The lowest BCUT2D eigenvalue weighted by atomic mass is 10.0. The molecule has 0 saturated carbocycles. The third kappa shape index (κ3) is 4.51. The predicted octanol–water partition coefficient (Wildman–Crippen LogP) is 2.71. The Bertz CT molecular complexity index is 907. The summed E-state index contributed by atoms with van der Waals surface area (Å²) < 4.78 is 0. The fraction of sp³-hybridized carbons (Fsp3) is 0.524. The van der Waals surface area contributed by atoms with E-state index in [2.05, 4.69) is 26.4 Å². The number of aromatic hydroxyl groups is 1. The Balaban J connectivity index is 1.30. The summed E-state index contributed by atoms with van der Waals surface area (Å²) in [5.74, 6) is 4.50. The van der Waals surface area contributed by atoms with E-state index in [1.165, 1.54) is 0 Å². The second kappa shape index (κ2) is 9.00. The molecule has 0 aromatic heterocycles. The van der Waals surface area contributed by atoms with Crippen LogP contribution in [-0.2, 0) is 4.79 Å². The van der Waals surface area contributed by atoms with Crippen LogP contribution >= 0.6 is 23.5 Å². The van der Waals surface area contributed by atoms with Gasteiger partial charge in [0.2, 0.25) is 5.91 Å². The number of amides is 1. The number of aliphatic imine (C=N–C) groups is 1. The molecular weight excluding hydrogens is 418 g/mol. The van der Waals surface area contributed by atoms with Gasteiger partial charge in [0, 0.05) is 42.9 Å². The number of thioether (sulfide) groups is 2. The number of phenols is 1. The van der Waals surface area contributed by atoms with E-state index < -0.39 is 0 Å². The number of carbonyl (C=O) groups excluding carboxylic acids is 1. The molecule has 1 unspecified atom stereocenters. The lowest BCUT2D eigenvalue weighted by molar-refractivity contribution is -0.125. The summed E-state index contributed by atoms with van der Waals surface area (Å²) in [6.45, 7) is 0.547. The van der Waals surface area contributed by atoms with Gasteiger partial charge < -0.3 is 10.4 Å². The molecule has 3 heterocycles. The molecule has 158 valence electrons. The smallest absolute Gasteiger partial charge is 0.238 e. The minimum absolute atomic E-state index is 0.0378. The van der Waals surface area contributed by atoms with Crippen molar-refractivity contribution < 1.29 is 9.90 Å². The van der Waals surface area contributed by atoms with E-state index in [-0.39, 0.29) is 34.8 Å². The average Bonchev–Trinajstić information content (AvgIpc) is 3.15. The molecule has 1 aromatic carbocycles. The highest BCUT2D eigenvalue weighted by molar-refractivity contribution is 8.14. The van der Waals surface area contributed by atoms with Gasteiger partial charge >= 0.3 is 0 Å². The van der Waals surface area contributed by atoms with Crippen LogP contribution in [0, 0.1) is 12.3 Å². The van der Waals surface area contributed by atoms with Gasteiger partial charge in [0.1, 0.15) is 10.8 Å². The van der Waals surface area contributed by atoms with Crippen LogP contribution in [0.2, 0.25) is 0 Å². The van der Waals surface area contributed by atoms with Crippen molar-refractivity contribution in [3.8, 4) is 18.1 Å². The predicted molar refractivity (Wildman–Crippen MR) is 122 cm³/mol. The van der Waals surface area contributed by atoms with Gasteiger partial charge in [-0.3, -0.25) is 14.7 Å². The van der Waals surface area contributed by atoms with Crippen molar-refractivity contribution in [1.82, 2.24) is 10.2 Å². The number of likely N-dealkylation sites (N-methyl/N-ethyl adjacent to an activating group) is 1. The standard InChI is InChI=1S/C21H25N5O2S2/c1-3-4-9-21(24-25-21)10-11-22-18(28)16-13-30-20(26(16)2)15-12-29-19(23-15)14-7-5-6-8-17(14)27/h1,5-8,15-16,20,27H,4,9-13H2,2H3,(H,22,28)/t15?,16-,20-/m1/s1. The van der Waals surface area contributed by atoms with E-state index in [1.807, 2.05) is 25.2 Å². The van der Waals surface area contributed by atoms with Crippen molar-refractivity contribution >= 4 is 34.5 Å². The van der Waals surface area contributed by atoms with Gasteiger partial charge in [-0.2, -0.15) is 10.2 Å². The molecule has 30 heavy (non-hydrogen) atoms. The number of phenolic OH excluding ortho intramolecular Hbond substituents is 1. The van der Waals surface area contributed by atoms with Gasteiger partial charge in [0.15, 0.2) is 5.66 Å². The summed E-state index contributed by atoms with van der Waals surface area (Å²) in [6, 6.07) is 7.20. The number of hydrogen-bond donors (Lipinski definition) is 2. The van der Waals surface area contributed by atoms with Crippen LogP contribution in [0.3, 0.4) is 0 Å². The second-order valence-corrected chi connectivity index (χ2v) is 9.82. The SMILES string of the molecule is C#CCCC1(CCNC(=O)[C@H]2CS[C@H](C3CSC(c4ccccc4O)=N3)N2C)N=N1. The van der Waals surface area contributed by atoms with Crippen molar-refractivity contribution in [2.75, 3.05) is 25.1 Å². The largest absolute Gasteiger partial charge is 0.507 e. The monoisotopic (exact) mass is 443 g/mol. The highest BCUT2D eigenvalue weighted by Gasteiger charge is 2.42. The molecule has 1 aromatic rings. The first-order valence-corrected chi connectivity index (χ1v) is 12.0. The maximum Gasteiger partial charge on any atom is 0.238 e. The number of carbonyl (C=O) groups is 1. The number of nitrogens with one attached hydrogen (secondary N) is 1. The zero-order valence-electron chi connectivity index (χ0n) is 16.8. The number of terminal acetylenes is 1. The molecule has 3 aliphatic heterocycles. The molecule has 7 nitrogen and oxygen atoms in total. The molecule has 0 radical (unpaired) electrons. The zero-order valence-corrected chi connectivity index (χ0v) is 18.5. The minimum atomic E-state index is -0.367. The van der Waals surface area contributed by atoms with Gasteiger partial charge in [-0.25, -0.2) is 0 Å². The van der Waals surface area contributed by atoms with Crippen LogP contribution in [-0.4, -0.2) is 69.2 Å². The van der Waals surface area contributed by atoms with Crippen molar-refractivity contribution in [2.24, 2.45) is 15.2 Å². The van der Waals surface area contributed by atoms with Crippen LogP contribution in [0.4, 0.5) is 0 Å². The lowest BCUT2D eigenvalue weighted by Crippen LogP contribution is -2.47. The van der Waals surface area contributed by atoms with Crippen LogP contribution in [0.25, 0.3) is 0 Å². The van der Waals surface area contributed by atoms with Crippen molar-refractivity contribution in [3.63, 3.8) is 0 Å². The van der Waals surface area contributed by atoms with E-state index in [0.29, 0.717) is 19.4 Å². The molecule has 1 amide bonds. The van der Waals surface area contributed by atoms with Crippen LogP contribution in [0.1, 0.15) is 24.8 Å². The maximum atomic E-state index is 12.7. The van der Waals surface area contributed by atoms with E-state index in [0.717, 1.165) is 28.5 Å². The third-order valence-electron chi connectivity index (χ3n) is 5.64. The third-order valence-corrected chi connectivity index (χ3v) is 8.24. The first kappa shape index (κ1) is 21.2. The summed E-state index contributed by atoms with van der Waals surface area (Å²) in [6.07, 6.45) is 7.41. The minimum Gasteiger partial charge on any atom is -0.507 e. The molecule has 0 aliphatic carbocycles. The van der Waals surface area contributed by atoms with Crippen LogP contribution in [0.15, 0.2) is 39.5 Å². The molecule has 0 bridgehead atoms. The number of para-hydroxylation sites is 1. The molecule has 0 spiro atoms. The Kier molecular flexibility index (Phi) is 6.37. The van der Waals surface area contributed by atoms with Gasteiger partial charge in [-0.15, -0.1) is 35.9 Å². The van der Waals surface area contributed by atoms with Gasteiger partial charge in [-0.1, -0.05) is 12.1 Å². The van der Waals surface area contributed by atoms with Gasteiger partial charge in [0.05, 0.1) is 17.5 Å². The molecule has 1 saturated heterocycles. The van der Waals surface area contributed by atoms with Crippen molar-refractivity contribution in [3.05, 3.63) is 29.8 Å². The van der Waals surface area contributed by atoms with Crippen LogP contribution in [0.5, 0.6) is 5.75 Å². The van der Waals surface area contributed by atoms with Crippen molar-refractivity contribution in [2.45, 2.75) is 42.4 Å². The molecule has 1 fully saturated rings. The Hall–Kier alpha value is -2.02. The first-order chi connectivity index (χ1) is 14.5. The summed E-state index contributed by atoms with van der Waals surface area (Å²) in [7, 11) is 1.99. The molecule has 2 N–H and O–H groups in total. The fourth-order valence-corrected chi connectivity index (χ4v) is 6.53. The first-order valence-electron chi connectivity index (χ1n) is 10.0. The lowest BCUT2D eigenvalue weighted by Gasteiger charge is -2.26. The summed E-state index contributed by atoms with van der Waals surface area (Å²) >= 11 is 3.43. The highest BCUT2D eigenvalue weighted by Crippen LogP contribution is 2.38. The molecule has 4 rings (SSSR count). The highest BCUT2D eigenvalue weighted by atomic mass is 32.2. The van der Waals surface area contributed by atoms with E-state index in [4.69, 9.17) is 11.4 Å². The molecular formula is C21H25N5O2S2. The molecule has 3 atom stereocenters. The molecule has 9 heteroatoms. The van der Waals surface area contributed by atoms with Gasteiger partial charge in [0.25, 0.3) is 0 Å².